The standard InChI is InChI=1S/C12H17NO2/c1-8-2-4-9(5-3-8)15-11-7-6-10(13)12(11)14/h2-5,10-12,14H,6-7,13H2,1H3. The number of aliphatic hydroxyl groups is 1. The first-order valence-electron chi connectivity index (χ1n) is 5.34. The molecular weight excluding hydrogens is 190 g/mol. The molecule has 15 heavy (non-hydrogen) atoms. The molecule has 1 aromatic rings. The largest absolute Gasteiger partial charge is 0.488 e. The molecule has 0 saturated heterocycles. The molecule has 3 nitrogen and oxygen atoms in total. The van der Waals surface area contributed by atoms with Crippen LogP contribution in [0, 0.1) is 6.92 Å². The summed E-state index contributed by atoms with van der Waals surface area (Å²) in [5.74, 6) is 0.804. The van der Waals surface area contributed by atoms with E-state index in [1.165, 1.54) is 5.56 Å². The van der Waals surface area contributed by atoms with E-state index in [1.54, 1.807) is 0 Å². The molecule has 0 radical (unpaired) electrons. The molecule has 1 fully saturated rings. The van der Waals surface area contributed by atoms with Gasteiger partial charge in [0.1, 0.15) is 18.0 Å². The molecule has 1 aliphatic carbocycles. The number of aryl methyl sites for hydroxylation is 1. The summed E-state index contributed by atoms with van der Waals surface area (Å²) in [4.78, 5) is 0. The second kappa shape index (κ2) is 4.21. The second-order valence-corrected chi connectivity index (χ2v) is 4.20. The summed E-state index contributed by atoms with van der Waals surface area (Å²) in [5, 5.41) is 9.72. The minimum Gasteiger partial charge on any atom is -0.488 e. The molecule has 0 aliphatic heterocycles. The van der Waals surface area contributed by atoms with Crippen molar-refractivity contribution in [2.24, 2.45) is 5.73 Å². The summed E-state index contributed by atoms with van der Waals surface area (Å²) in [5.41, 5.74) is 6.92. The molecule has 1 saturated carbocycles. The quantitative estimate of drug-likeness (QED) is 0.766. The molecule has 3 N–H and O–H groups in total. The lowest BCUT2D eigenvalue weighted by Crippen LogP contribution is -2.37. The van der Waals surface area contributed by atoms with Crippen LogP contribution in [0.1, 0.15) is 18.4 Å². The fourth-order valence-electron chi connectivity index (χ4n) is 1.89. The lowest BCUT2D eigenvalue weighted by Gasteiger charge is -2.18. The molecule has 0 spiro atoms. The number of hydrogen-bond acceptors (Lipinski definition) is 3. The van der Waals surface area contributed by atoms with E-state index >= 15 is 0 Å². The molecule has 3 atom stereocenters. The highest BCUT2D eigenvalue weighted by Gasteiger charge is 2.33. The average molecular weight is 207 g/mol. The van der Waals surface area contributed by atoms with Crippen molar-refractivity contribution in [2.45, 2.75) is 38.0 Å². The van der Waals surface area contributed by atoms with Crippen molar-refractivity contribution in [3.8, 4) is 5.75 Å². The highest BCUT2D eigenvalue weighted by atomic mass is 16.5. The number of ether oxygens (including phenoxy) is 1. The number of aliphatic hydroxyl groups excluding tert-OH is 1. The van der Waals surface area contributed by atoms with E-state index in [0.717, 1.165) is 18.6 Å². The molecule has 3 unspecified atom stereocenters. The van der Waals surface area contributed by atoms with Crippen molar-refractivity contribution in [1.29, 1.82) is 0 Å². The van der Waals surface area contributed by atoms with E-state index < -0.39 is 6.10 Å². The maximum Gasteiger partial charge on any atom is 0.126 e. The van der Waals surface area contributed by atoms with E-state index in [0.29, 0.717) is 0 Å². The normalized spacial score (nSPS) is 30.5. The van der Waals surface area contributed by atoms with Gasteiger partial charge in [-0.1, -0.05) is 17.7 Å². The van der Waals surface area contributed by atoms with Crippen LogP contribution in [0.3, 0.4) is 0 Å². The van der Waals surface area contributed by atoms with E-state index in [-0.39, 0.29) is 12.1 Å². The van der Waals surface area contributed by atoms with Crippen LogP contribution in [0.5, 0.6) is 5.75 Å². The van der Waals surface area contributed by atoms with Gasteiger partial charge in [0.15, 0.2) is 0 Å². The third-order valence-electron chi connectivity index (χ3n) is 2.91. The fourth-order valence-corrected chi connectivity index (χ4v) is 1.89. The van der Waals surface area contributed by atoms with Gasteiger partial charge in [-0.2, -0.15) is 0 Å². The first-order valence-corrected chi connectivity index (χ1v) is 5.34. The lowest BCUT2D eigenvalue weighted by atomic mass is 10.2. The van der Waals surface area contributed by atoms with Crippen molar-refractivity contribution in [2.75, 3.05) is 0 Å². The Labute approximate surface area is 89.9 Å². The highest BCUT2D eigenvalue weighted by Crippen LogP contribution is 2.24. The van der Waals surface area contributed by atoms with Crippen LogP contribution in [-0.4, -0.2) is 23.4 Å². The third-order valence-corrected chi connectivity index (χ3v) is 2.91. The van der Waals surface area contributed by atoms with Gasteiger partial charge in [-0.25, -0.2) is 0 Å². The van der Waals surface area contributed by atoms with E-state index in [2.05, 4.69) is 0 Å². The molecule has 1 aliphatic rings. The Hall–Kier alpha value is -1.06. The maximum atomic E-state index is 9.72. The maximum absolute atomic E-state index is 9.72. The fraction of sp³-hybridized carbons (Fsp3) is 0.500. The summed E-state index contributed by atoms with van der Waals surface area (Å²) in [6.45, 7) is 2.03. The van der Waals surface area contributed by atoms with Gasteiger partial charge in [-0.15, -0.1) is 0 Å². The first kappa shape index (κ1) is 10.5. The second-order valence-electron chi connectivity index (χ2n) is 4.20. The third kappa shape index (κ3) is 2.30. The summed E-state index contributed by atoms with van der Waals surface area (Å²) >= 11 is 0. The summed E-state index contributed by atoms with van der Waals surface area (Å²) in [7, 11) is 0. The molecule has 1 aromatic carbocycles. The minimum atomic E-state index is -0.536. The van der Waals surface area contributed by atoms with Gasteiger partial charge in [-0.05, 0) is 31.9 Å². The van der Waals surface area contributed by atoms with Crippen LogP contribution < -0.4 is 10.5 Å². The number of hydrogen-bond donors (Lipinski definition) is 2. The van der Waals surface area contributed by atoms with Crippen molar-refractivity contribution in [1.82, 2.24) is 0 Å². The Morgan fingerprint density at radius 2 is 1.93 bits per heavy atom. The zero-order valence-corrected chi connectivity index (χ0v) is 8.89. The van der Waals surface area contributed by atoms with Crippen molar-refractivity contribution >= 4 is 0 Å². The zero-order valence-electron chi connectivity index (χ0n) is 8.89. The van der Waals surface area contributed by atoms with Crippen molar-refractivity contribution in [3.63, 3.8) is 0 Å². The zero-order chi connectivity index (χ0) is 10.8. The number of nitrogens with two attached hydrogens (primary N) is 1. The van der Waals surface area contributed by atoms with Crippen LogP contribution in [-0.2, 0) is 0 Å². The van der Waals surface area contributed by atoms with Crippen molar-refractivity contribution < 1.29 is 9.84 Å². The number of rotatable bonds is 2. The molecule has 0 amide bonds. The Bertz CT molecular complexity index is 323. The summed E-state index contributed by atoms with van der Waals surface area (Å²) in [6.07, 6.45) is 0.975. The predicted molar refractivity (Wildman–Crippen MR) is 58.8 cm³/mol. The highest BCUT2D eigenvalue weighted by molar-refractivity contribution is 5.26. The SMILES string of the molecule is Cc1ccc(OC2CCC(N)C2O)cc1. The van der Waals surface area contributed by atoms with E-state index in [9.17, 15) is 5.11 Å². The van der Waals surface area contributed by atoms with Crippen LogP contribution in [0.15, 0.2) is 24.3 Å². The van der Waals surface area contributed by atoms with E-state index in [4.69, 9.17) is 10.5 Å². The molecule has 3 heteroatoms. The van der Waals surface area contributed by atoms with Gasteiger partial charge in [0, 0.05) is 6.04 Å². The van der Waals surface area contributed by atoms with Crippen LogP contribution in [0.25, 0.3) is 0 Å². The van der Waals surface area contributed by atoms with Gasteiger partial charge in [0.05, 0.1) is 0 Å². The van der Waals surface area contributed by atoms with E-state index in [1.807, 2.05) is 31.2 Å². The summed E-state index contributed by atoms with van der Waals surface area (Å²) < 4.78 is 5.68. The Balaban J connectivity index is 2.00. The smallest absolute Gasteiger partial charge is 0.126 e. The first-order chi connectivity index (χ1) is 7.16. The molecular formula is C12H17NO2. The van der Waals surface area contributed by atoms with Gasteiger partial charge in [-0.3, -0.25) is 0 Å². The van der Waals surface area contributed by atoms with Crippen LogP contribution in [0.4, 0.5) is 0 Å². The van der Waals surface area contributed by atoms with Crippen LogP contribution >= 0.6 is 0 Å². The molecule has 2 rings (SSSR count). The summed E-state index contributed by atoms with van der Waals surface area (Å²) in [6, 6.07) is 7.70. The predicted octanol–water partition coefficient (Wildman–Crippen LogP) is 1.22. The monoisotopic (exact) mass is 207 g/mol. The van der Waals surface area contributed by atoms with Crippen molar-refractivity contribution in [3.05, 3.63) is 29.8 Å². The Morgan fingerprint density at radius 3 is 2.47 bits per heavy atom. The molecule has 0 heterocycles. The average Bonchev–Trinajstić information content (AvgIpc) is 2.53. The van der Waals surface area contributed by atoms with Gasteiger partial charge in [0.25, 0.3) is 0 Å². The van der Waals surface area contributed by atoms with Gasteiger partial charge < -0.3 is 15.6 Å². The van der Waals surface area contributed by atoms with Gasteiger partial charge >= 0.3 is 0 Å². The molecule has 0 bridgehead atoms. The topological polar surface area (TPSA) is 55.5 Å². The Morgan fingerprint density at radius 1 is 1.27 bits per heavy atom. The molecule has 0 aromatic heterocycles. The minimum absolute atomic E-state index is 0.138. The Kier molecular flexibility index (Phi) is 2.93. The lowest BCUT2D eigenvalue weighted by molar-refractivity contribution is 0.0521. The van der Waals surface area contributed by atoms with Gasteiger partial charge in [0.2, 0.25) is 0 Å². The van der Waals surface area contributed by atoms with Crippen LogP contribution in [0.2, 0.25) is 0 Å². The number of benzene rings is 1. The molecule has 82 valence electrons.